The molecule has 0 aliphatic heterocycles. The largest absolute Gasteiger partial charge is 0.331 e. The van der Waals surface area contributed by atoms with Gasteiger partial charge in [-0.1, -0.05) is 32.8 Å². The Morgan fingerprint density at radius 3 is 2.71 bits per heavy atom. The number of carbonyl (C=O) groups excluding carboxylic acids is 1. The molecule has 1 fully saturated rings. The number of rotatable bonds is 7. The summed E-state index contributed by atoms with van der Waals surface area (Å²) in [7, 11) is 0. The molecule has 1 aliphatic rings. The van der Waals surface area contributed by atoms with E-state index in [2.05, 4.69) is 23.4 Å². The molecule has 1 saturated carbocycles. The quantitative estimate of drug-likeness (QED) is 0.500. The highest BCUT2D eigenvalue weighted by atomic mass is 19.2. The van der Waals surface area contributed by atoms with Gasteiger partial charge in [-0.3, -0.25) is 4.79 Å². The van der Waals surface area contributed by atoms with E-state index in [0.29, 0.717) is 18.5 Å². The van der Waals surface area contributed by atoms with E-state index in [0.717, 1.165) is 55.2 Å². The fraction of sp³-hybridized carbons (Fsp3) is 0.458. The Bertz CT molecular complexity index is 1070. The smallest absolute Gasteiger partial charge is 0.257 e. The highest BCUT2D eigenvalue weighted by molar-refractivity contribution is 5.94. The van der Waals surface area contributed by atoms with Gasteiger partial charge in [-0.15, -0.1) is 0 Å². The van der Waals surface area contributed by atoms with E-state index in [9.17, 15) is 13.6 Å². The zero-order chi connectivity index (χ0) is 22.0. The number of halogens is 2. The number of benzene rings is 1. The zero-order valence-electron chi connectivity index (χ0n) is 18.0. The van der Waals surface area contributed by atoms with Crippen LogP contribution in [0.25, 0.3) is 11.2 Å². The second-order valence-corrected chi connectivity index (χ2v) is 8.69. The van der Waals surface area contributed by atoms with Crippen molar-refractivity contribution < 1.29 is 13.6 Å². The molecular weight excluding hydrogens is 398 g/mol. The summed E-state index contributed by atoms with van der Waals surface area (Å²) >= 11 is 0. The van der Waals surface area contributed by atoms with Crippen LogP contribution in [0.3, 0.4) is 0 Å². The number of carbonyl (C=O) groups is 1. The number of fused-ring (bicyclic) bond motifs is 1. The van der Waals surface area contributed by atoms with Crippen LogP contribution in [0.2, 0.25) is 0 Å². The molecule has 0 atom stereocenters. The minimum atomic E-state index is -1.10. The SMILES string of the molecule is CC(C)CCN(Cc1nc2cccnc2n1C1CCCC1)C(=O)c1cccc(F)c1F. The Morgan fingerprint density at radius 2 is 1.97 bits per heavy atom. The molecule has 3 aromatic rings. The van der Waals surface area contributed by atoms with Crippen molar-refractivity contribution in [1.82, 2.24) is 19.4 Å². The number of hydrogen-bond donors (Lipinski definition) is 0. The number of nitrogens with zero attached hydrogens (tertiary/aromatic N) is 4. The molecule has 1 aromatic carbocycles. The van der Waals surface area contributed by atoms with Gasteiger partial charge >= 0.3 is 0 Å². The van der Waals surface area contributed by atoms with E-state index in [1.54, 1.807) is 11.1 Å². The van der Waals surface area contributed by atoms with Crippen LogP contribution in [-0.4, -0.2) is 31.9 Å². The zero-order valence-corrected chi connectivity index (χ0v) is 18.0. The topological polar surface area (TPSA) is 51.0 Å². The predicted octanol–water partition coefficient (Wildman–Crippen LogP) is 5.51. The van der Waals surface area contributed by atoms with Crippen molar-refractivity contribution >= 4 is 17.1 Å². The average Bonchev–Trinajstić information content (AvgIpc) is 3.39. The molecule has 1 amide bonds. The summed E-state index contributed by atoms with van der Waals surface area (Å²) in [5, 5.41) is 0. The van der Waals surface area contributed by atoms with Crippen molar-refractivity contribution in [3.8, 4) is 0 Å². The normalized spacial score (nSPS) is 14.6. The summed E-state index contributed by atoms with van der Waals surface area (Å²) in [4.78, 5) is 24.2. The first kappa shape index (κ1) is 21.4. The number of pyridine rings is 1. The lowest BCUT2D eigenvalue weighted by molar-refractivity contribution is 0.0722. The van der Waals surface area contributed by atoms with E-state index in [1.165, 1.54) is 12.1 Å². The Balaban J connectivity index is 1.72. The fourth-order valence-corrected chi connectivity index (χ4v) is 4.31. The van der Waals surface area contributed by atoms with Crippen LogP contribution in [0.4, 0.5) is 8.78 Å². The van der Waals surface area contributed by atoms with Crippen LogP contribution in [-0.2, 0) is 6.54 Å². The first-order valence-corrected chi connectivity index (χ1v) is 11.0. The van der Waals surface area contributed by atoms with Gasteiger partial charge in [0.25, 0.3) is 5.91 Å². The summed E-state index contributed by atoms with van der Waals surface area (Å²) in [5.41, 5.74) is 1.36. The van der Waals surface area contributed by atoms with Crippen LogP contribution < -0.4 is 0 Å². The second-order valence-electron chi connectivity index (χ2n) is 8.69. The van der Waals surface area contributed by atoms with Crippen LogP contribution in [0, 0.1) is 17.6 Å². The third-order valence-electron chi connectivity index (χ3n) is 5.99. The molecule has 5 nitrogen and oxygen atoms in total. The highest BCUT2D eigenvalue weighted by Gasteiger charge is 2.27. The summed E-state index contributed by atoms with van der Waals surface area (Å²) in [6.45, 7) is 4.81. The molecule has 1 aliphatic carbocycles. The van der Waals surface area contributed by atoms with Crippen LogP contribution in [0.1, 0.15) is 68.2 Å². The van der Waals surface area contributed by atoms with Crippen LogP contribution >= 0.6 is 0 Å². The average molecular weight is 427 g/mol. The molecule has 0 saturated heterocycles. The highest BCUT2D eigenvalue weighted by Crippen LogP contribution is 2.33. The molecule has 0 spiro atoms. The molecule has 2 aromatic heterocycles. The molecule has 4 rings (SSSR count). The van der Waals surface area contributed by atoms with Gasteiger partial charge in [-0.2, -0.15) is 0 Å². The van der Waals surface area contributed by atoms with Crippen LogP contribution in [0.15, 0.2) is 36.5 Å². The van der Waals surface area contributed by atoms with Gasteiger partial charge in [0.15, 0.2) is 17.3 Å². The first-order chi connectivity index (χ1) is 15.0. The maximum absolute atomic E-state index is 14.4. The maximum Gasteiger partial charge on any atom is 0.257 e. The van der Waals surface area contributed by atoms with Crippen molar-refractivity contribution in [1.29, 1.82) is 0 Å². The van der Waals surface area contributed by atoms with Gasteiger partial charge < -0.3 is 9.47 Å². The molecule has 0 radical (unpaired) electrons. The number of hydrogen-bond acceptors (Lipinski definition) is 3. The Labute approximate surface area is 181 Å². The van der Waals surface area contributed by atoms with Gasteiger partial charge in [0.05, 0.1) is 12.1 Å². The molecular formula is C24H28F2N4O. The van der Waals surface area contributed by atoms with Crippen molar-refractivity contribution in [2.24, 2.45) is 5.92 Å². The Morgan fingerprint density at radius 1 is 1.19 bits per heavy atom. The summed E-state index contributed by atoms with van der Waals surface area (Å²) in [6.07, 6.45) is 6.91. The summed E-state index contributed by atoms with van der Waals surface area (Å²) < 4.78 is 30.3. The van der Waals surface area contributed by atoms with Gasteiger partial charge in [-0.05, 0) is 49.4 Å². The summed E-state index contributed by atoms with van der Waals surface area (Å²) in [6, 6.07) is 7.79. The van der Waals surface area contributed by atoms with Crippen molar-refractivity contribution in [3.63, 3.8) is 0 Å². The minimum absolute atomic E-state index is 0.231. The number of amides is 1. The van der Waals surface area contributed by atoms with E-state index in [-0.39, 0.29) is 12.1 Å². The van der Waals surface area contributed by atoms with E-state index < -0.39 is 17.5 Å². The molecule has 0 N–H and O–H groups in total. The summed E-state index contributed by atoms with van der Waals surface area (Å²) in [5.74, 6) is -1.53. The van der Waals surface area contributed by atoms with Crippen molar-refractivity contribution in [2.75, 3.05) is 6.54 Å². The number of aromatic nitrogens is 3. The third kappa shape index (κ3) is 4.45. The van der Waals surface area contributed by atoms with E-state index >= 15 is 0 Å². The van der Waals surface area contributed by atoms with E-state index in [4.69, 9.17) is 4.98 Å². The molecule has 2 heterocycles. The monoisotopic (exact) mass is 426 g/mol. The molecule has 0 unspecified atom stereocenters. The Hall–Kier alpha value is -2.83. The molecule has 7 heteroatoms. The second kappa shape index (κ2) is 9.12. The maximum atomic E-state index is 14.4. The minimum Gasteiger partial charge on any atom is -0.331 e. The Kier molecular flexibility index (Phi) is 6.30. The van der Waals surface area contributed by atoms with Gasteiger partial charge in [0.1, 0.15) is 11.3 Å². The fourth-order valence-electron chi connectivity index (χ4n) is 4.31. The standard InChI is InChI=1S/C24H28F2N4O/c1-16(2)12-14-29(24(31)18-9-5-10-19(25)22(18)26)15-21-28-20-11-6-13-27-23(20)30(21)17-7-3-4-8-17/h5-6,9-11,13,16-17H,3-4,7-8,12,14-15H2,1-2H3. The molecule has 164 valence electrons. The molecule has 0 bridgehead atoms. The molecule has 31 heavy (non-hydrogen) atoms. The van der Waals surface area contributed by atoms with Gasteiger partial charge in [0, 0.05) is 18.8 Å². The van der Waals surface area contributed by atoms with Gasteiger partial charge in [-0.25, -0.2) is 18.7 Å². The predicted molar refractivity (Wildman–Crippen MR) is 116 cm³/mol. The van der Waals surface area contributed by atoms with Crippen molar-refractivity contribution in [2.45, 2.75) is 58.5 Å². The lowest BCUT2D eigenvalue weighted by Gasteiger charge is -2.25. The lowest BCUT2D eigenvalue weighted by atomic mass is 10.1. The number of imidazole rings is 1. The lowest BCUT2D eigenvalue weighted by Crippen LogP contribution is -2.34. The van der Waals surface area contributed by atoms with Gasteiger partial charge in [0.2, 0.25) is 0 Å². The van der Waals surface area contributed by atoms with Crippen molar-refractivity contribution in [3.05, 3.63) is 59.6 Å². The third-order valence-corrected chi connectivity index (χ3v) is 5.99. The first-order valence-electron chi connectivity index (χ1n) is 11.0. The van der Waals surface area contributed by atoms with Crippen LogP contribution in [0.5, 0.6) is 0 Å². The van der Waals surface area contributed by atoms with E-state index in [1.807, 2.05) is 12.1 Å².